The van der Waals surface area contributed by atoms with Crippen molar-refractivity contribution in [1.82, 2.24) is 10.1 Å². The van der Waals surface area contributed by atoms with Gasteiger partial charge in [0.15, 0.2) is 0 Å². The fourth-order valence-electron chi connectivity index (χ4n) is 2.12. The summed E-state index contributed by atoms with van der Waals surface area (Å²) >= 11 is 5.95. The number of carbonyl (C=O) groups excluding carboxylic acids is 1. The highest BCUT2D eigenvalue weighted by molar-refractivity contribution is 6.30. The summed E-state index contributed by atoms with van der Waals surface area (Å²) in [7, 11) is 1.79. The summed E-state index contributed by atoms with van der Waals surface area (Å²) in [4.78, 5) is 13.9. The van der Waals surface area contributed by atoms with Gasteiger partial charge in [-0.25, -0.2) is 0 Å². The van der Waals surface area contributed by atoms with Crippen LogP contribution in [0.3, 0.4) is 0 Å². The lowest BCUT2D eigenvalue weighted by atomic mass is 10.1. The Kier molecular flexibility index (Phi) is 3.49. The number of carbonyl (C=O) groups is 1. The highest BCUT2D eigenvalue weighted by Gasteiger charge is 2.26. The average Bonchev–Trinajstić information content (AvgIpc) is 3.11. The van der Waals surface area contributed by atoms with Gasteiger partial charge in [-0.05, 0) is 30.9 Å². The monoisotopic (exact) mass is 290 g/mol. The van der Waals surface area contributed by atoms with E-state index in [-0.39, 0.29) is 11.7 Å². The number of hydrogen-bond acceptors (Lipinski definition) is 3. The van der Waals surface area contributed by atoms with Gasteiger partial charge in [-0.2, -0.15) is 0 Å². The van der Waals surface area contributed by atoms with E-state index in [2.05, 4.69) is 5.16 Å². The van der Waals surface area contributed by atoms with Gasteiger partial charge in [-0.3, -0.25) is 4.79 Å². The smallest absolute Gasteiger partial charge is 0.292 e. The van der Waals surface area contributed by atoms with Crippen molar-refractivity contribution in [3.05, 3.63) is 41.1 Å². The van der Waals surface area contributed by atoms with Crippen molar-refractivity contribution < 1.29 is 9.32 Å². The number of rotatable bonds is 4. The van der Waals surface area contributed by atoms with Crippen molar-refractivity contribution in [3.63, 3.8) is 0 Å². The first-order chi connectivity index (χ1) is 9.63. The molecule has 1 fully saturated rings. The van der Waals surface area contributed by atoms with E-state index in [0.29, 0.717) is 16.6 Å². The van der Waals surface area contributed by atoms with Crippen molar-refractivity contribution in [1.29, 1.82) is 0 Å². The third kappa shape index (κ3) is 2.85. The predicted octanol–water partition coefficient (Wildman–Crippen LogP) is 3.48. The Labute approximate surface area is 122 Å². The van der Waals surface area contributed by atoms with Crippen LogP contribution in [0.15, 0.2) is 34.9 Å². The maximum absolute atomic E-state index is 12.2. The summed E-state index contributed by atoms with van der Waals surface area (Å²) in [5, 5.41) is 4.57. The molecular weight excluding hydrogens is 276 g/mol. The third-order valence-corrected chi connectivity index (χ3v) is 3.65. The van der Waals surface area contributed by atoms with Crippen LogP contribution in [-0.2, 0) is 0 Å². The molecule has 1 aliphatic rings. The van der Waals surface area contributed by atoms with E-state index in [9.17, 15) is 4.79 Å². The normalized spacial score (nSPS) is 14.3. The Morgan fingerprint density at radius 1 is 1.45 bits per heavy atom. The van der Waals surface area contributed by atoms with Crippen LogP contribution in [0.1, 0.15) is 23.4 Å². The van der Waals surface area contributed by atoms with Gasteiger partial charge in [0, 0.05) is 30.2 Å². The van der Waals surface area contributed by atoms with Crippen LogP contribution in [0.5, 0.6) is 0 Å². The van der Waals surface area contributed by atoms with E-state index in [0.717, 1.165) is 12.1 Å². The molecule has 1 saturated carbocycles. The minimum atomic E-state index is -0.127. The Balaban J connectivity index is 1.77. The van der Waals surface area contributed by atoms with E-state index >= 15 is 0 Å². The first-order valence-electron chi connectivity index (χ1n) is 6.61. The van der Waals surface area contributed by atoms with E-state index < -0.39 is 0 Å². The summed E-state index contributed by atoms with van der Waals surface area (Å²) in [5.74, 6) is 0.792. The molecule has 0 saturated heterocycles. The van der Waals surface area contributed by atoms with Crippen molar-refractivity contribution in [2.45, 2.75) is 12.8 Å². The molecule has 5 heteroatoms. The summed E-state index contributed by atoms with van der Waals surface area (Å²) in [5.41, 5.74) is 1.46. The number of halogens is 1. The molecular formula is C15H15ClN2O2. The van der Waals surface area contributed by atoms with Gasteiger partial charge >= 0.3 is 0 Å². The predicted molar refractivity (Wildman–Crippen MR) is 76.6 cm³/mol. The Bertz CT molecular complexity index is 634. The lowest BCUT2D eigenvalue weighted by Gasteiger charge is -2.14. The van der Waals surface area contributed by atoms with Gasteiger partial charge in [0.05, 0.1) is 0 Å². The van der Waals surface area contributed by atoms with Crippen LogP contribution in [-0.4, -0.2) is 29.6 Å². The molecule has 20 heavy (non-hydrogen) atoms. The maximum Gasteiger partial charge on any atom is 0.292 e. The van der Waals surface area contributed by atoms with Crippen molar-refractivity contribution in [2.75, 3.05) is 13.6 Å². The number of nitrogens with zero attached hydrogens (tertiary/aromatic N) is 2. The molecule has 0 unspecified atom stereocenters. The SMILES string of the molecule is CN(CC1CC1)C(=O)c1cc(-c2cccc(Cl)c2)no1. The Hall–Kier alpha value is -1.81. The molecule has 0 radical (unpaired) electrons. The van der Waals surface area contributed by atoms with E-state index in [1.165, 1.54) is 12.8 Å². The first-order valence-corrected chi connectivity index (χ1v) is 6.99. The quantitative estimate of drug-likeness (QED) is 0.866. The largest absolute Gasteiger partial charge is 0.350 e. The number of hydrogen-bond donors (Lipinski definition) is 0. The van der Waals surface area contributed by atoms with Crippen molar-refractivity contribution in [3.8, 4) is 11.3 Å². The Morgan fingerprint density at radius 2 is 2.25 bits per heavy atom. The summed E-state index contributed by atoms with van der Waals surface area (Å²) in [6.45, 7) is 0.784. The van der Waals surface area contributed by atoms with Crippen LogP contribution in [0.25, 0.3) is 11.3 Å². The lowest BCUT2D eigenvalue weighted by molar-refractivity contribution is 0.0747. The number of amides is 1. The van der Waals surface area contributed by atoms with E-state index in [1.807, 2.05) is 12.1 Å². The molecule has 4 nitrogen and oxygen atoms in total. The molecule has 1 aromatic heterocycles. The summed E-state index contributed by atoms with van der Waals surface area (Å²) in [6, 6.07) is 8.97. The minimum absolute atomic E-state index is 0.127. The zero-order valence-electron chi connectivity index (χ0n) is 11.2. The maximum atomic E-state index is 12.2. The molecule has 0 bridgehead atoms. The van der Waals surface area contributed by atoms with Crippen LogP contribution in [0, 0.1) is 5.92 Å². The van der Waals surface area contributed by atoms with Gasteiger partial charge in [0.2, 0.25) is 5.76 Å². The number of aromatic nitrogens is 1. The van der Waals surface area contributed by atoms with Crippen molar-refractivity contribution in [2.24, 2.45) is 5.92 Å². The van der Waals surface area contributed by atoms with Crippen LogP contribution in [0.4, 0.5) is 0 Å². The standard InChI is InChI=1S/C15H15ClN2O2/c1-18(9-10-5-6-10)15(19)14-8-13(17-20-14)11-3-2-4-12(16)7-11/h2-4,7-8,10H,5-6,9H2,1H3. The van der Waals surface area contributed by atoms with Gasteiger partial charge in [0.25, 0.3) is 5.91 Å². The van der Waals surface area contributed by atoms with Gasteiger partial charge in [0.1, 0.15) is 5.69 Å². The summed E-state index contributed by atoms with van der Waals surface area (Å²) < 4.78 is 5.16. The third-order valence-electron chi connectivity index (χ3n) is 3.42. The zero-order chi connectivity index (χ0) is 14.1. The zero-order valence-corrected chi connectivity index (χ0v) is 11.9. The average molecular weight is 291 g/mol. The fourth-order valence-corrected chi connectivity index (χ4v) is 2.31. The topological polar surface area (TPSA) is 46.3 Å². The molecule has 2 aromatic rings. The number of benzene rings is 1. The lowest BCUT2D eigenvalue weighted by Crippen LogP contribution is -2.28. The molecule has 1 heterocycles. The van der Waals surface area contributed by atoms with Gasteiger partial charge < -0.3 is 9.42 Å². The van der Waals surface area contributed by atoms with Crippen LogP contribution >= 0.6 is 11.6 Å². The highest BCUT2D eigenvalue weighted by Crippen LogP contribution is 2.30. The Morgan fingerprint density at radius 3 is 2.95 bits per heavy atom. The second-order valence-electron chi connectivity index (χ2n) is 5.22. The van der Waals surface area contributed by atoms with Crippen LogP contribution in [0.2, 0.25) is 5.02 Å². The molecule has 3 rings (SSSR count). The molecule has 0 spiro atoms. The second-order valence-corrected chi connectivity index (χ2v) is 5.65. The first kappa shape index (κ1) is 13.2. The summed E-state index contributed by atoms with van der Waals surface area (Å²) in [6.07, 6.45) is 2.42. The van der Waals surface area contributed by atoms with Gasteiger partial charge in [-0.1, -0.05) is 28.9 Å². The molecule has 0 N–H and O–H groups in total. The van der Waals surface area contributed by atoms with E-state index in [1.54, 1.807) is 30.1 Å². The molecule has 0 atom stereocenters. The molecule has 1 amide bonds. The van der Waals surface area contributed by atoms with Crippen LogP contribution < -0.4 is 0 Å². The molecule has 104 valence electrons. The molecule has 1 aromatic carbocycles. The molecule has 0 aliphatic heterocycles. The highest BCUT2D eigenvalue weighted by atomic mass is 35.5. The second kappa shape index (κ2) is 5.29. The van der Waals surface area contributed by atoms with Crippen molar-refractivity contribution >= 4 is 17.5 Å². The fraction of sp³-hybridized carbons (Fsp3) is 0.333. The molecule has 1 aliphatic carbocycles. The minimum Gasteiger partial charge on any atom is -0.350 e. The van der Waals surface area contributed by atoms with Gasteiger partial charge in [-0.15, -0.1) is 0 Å². The van der Waals surface area contributed by atoms with E-state index in [4.69, 9.17) is 16.1 Å².